The summed E-state index contributed by atoms with van der Waals surface area (Å²) in [7, 11) is 0. The first-order chi connectivity index (χ1) is 13.0. The molecule has 2 amide bonds. The Bertz CT molecular complexity index is 791. The molecular formula is C18H26Cl2N6O3. The Kier molecular flexibility index (Phi) is 10.0. The van der Waals surface area contributed by atoms with Gasteiger partial charge < -0.3 is 20.5 Å². The van der Waals surface area contributed by atoms with Gasteiger partial charge in [0.1, 0.15) is 0 Å². The summed E-state index contributed by atoms with van der Waals surface area (Å²) >= 11 is 0. The zero-order valence-electron chi connectivity index (χ0n) is 16.2. The summed E-state index contributed by atoms with van der Waals surface area (Å²) in [4.78, 5) is 31.6. The molecule has 0 bridgehead atoms. The lowest BCUT2D eigenvalue weighted by molar-refractivity contribution is -0.134. The van der Waals surface area contributed by atoms with Crippen molar-refractivity contribution in [1.82, 2.24) is 25.3 Å². The maximum Gasteiger partial charge on any atom is 0.242 e. The summed E-state index contributed by atoms with van der Waals surface area (Å²) in [6.07, 6.45) is 0. The molecular weight excluding hydrogens is 419 g/mol. The van der Waals surface area contributed by atoms with Crippen LogP contribution in [0.5, 0.6) is 0 Å². The number of nitrogens with two attached hydrogens (primary N) is 1. The lowest BCUT2D eigenvalue weighted by atomic mass is 10.1. The summed E-state index contributed by atoms with van der Waals surface area (Å²) in [5.74, 6) is 0.702. The van der Waals surface area contributed by atoms with E-state index in [2.05, 4.69) is 20.4 Å². The Balaban J connectivity index is 0.00000210. The highest BCUT2D eigenvalue weighted by atomic mass is 35.5. The fourth-order valence-corrected chi connectivity index (χ4v) is 2.84. The van der Waals surface area contributed by atoms with Crippen LogP contribution in [-0.4, -0.2) is 71.0 Å². The van der Waals surface area contributed by atoms with Gasteiger partial charge in [0.25, 0.3) is 0 Å². The number of rotatable bonds is 6. The molecule has 3 N–H and O–H groups in total. The van der Waals surface area contributed by atoms with Crippen LogP contribution in [0.25, 0.3) is 11.4 Å². The minimum atomic E-state index is -0.331. The van der Waals surface area contributed by atoms with Crippen molar-refractivity contribution in [2.75, 3.05) is 39.3 Å². The van der Waals surface area contributed by atoms with Crippen LogP contribution in [0.4, 0.5) is 0 Å². The second kappa shape index (κ2) is 11.7. The molecule has 1 aliphatic rings. The van der Waals surface area contributed by atoms with E-state index in [1.165, 1.54) is 5.56 Å². The maximum atomic E-state index is 12.1. The van der Waals surface area contributed by atoms with Crippen LogP contribution in [0.1, 0.15) is 11.5 Å². The predicted octanol–water partition coefficient (Wildman–Crippen LogP) is 0.608. The molecule has 11 heteroatoms. The van der Waals surface area contributed by atoms with E-state index in [0.717, 1.165) is 5.56 Å². The molecule has 29 heavy (non-hydrogen) atoms. The SMILES string of the molecule is Cc1ccc(-c2noc(CN3CCN(C(=O)CNC(=O)CN)CC3)n2)cc1.Cl.Cl. The molecule has 0 saturated carbocycles. The molecule has 0 unspecified atom stereocenters. The van der Waals surface area contributed by atoms with Gasteiger partial charge in [-0.05, 0) is 6.92 Å². The largest absolute Gasteiger partial charge is 0.346 e. The first-order valence-electron chi connectivity index (χ1n) is 8.91. The van der Waals surface area contributed by atoms with E-state index in [1.54, 1.807) is 4.90 Å². The van der Waals surface area contributed by atoms with Gasteiger partial charge in [-0.3, -0.25) is 14.5 Å². The van der Waals surface area contributed by atoms with E-state index in [-0.39, 0.29) is 49.7 Å². The molecule has 0 atom stereocenters. The number of piperazine rings is 1. The summed E-state index contributed by atoms with van der Waals surface area (Å²) in [5.41, 5.74) is 7.31. The van der Waals surface area contributed by atoms with E-state index in [1.807, 2.05) is 31.2 Å². The highest BCUT2D eigenvalue weighted by Crippen LogP contribution is 2.17. The molecule has 2 aromatic rings. The summed E-state index contributed by atoms with van der Waals surface area (Å²) in [5, 5.41) is 6.55. The minimum Gasteiger partial charge on any atom is -0.346 e. The van der Waals surface area contributed by atoms with Crippen molar-refractivity contribution in [2.45, 2.75) is 13.5 Å². The van der Waals surface area contributed by atoms with Crippen LogP contribution in [0, 0.1) is 6.92 Å². The Hall–Kier alpha value is -2.20. The Morgan fingerprint density at radius 1 is 1.14 bits per heavy atom. The number of hydrogen-bond donors (Lipinski definition) is 2. The van der Waals surface area contributed by atoms with Crippen molar-refractivity contribution in [3.05, 3.63) is 35.7 Å². The van der Waals surface area contributed by atoms with E-state index < -0.39 is 0 Å². The van der Waals surface area contributed by atoms with Crippen LogP contribution in [0.15, 0.2) is 28.8 Å². The summed E-state index contributed by atoms with van der Waals surface area (Å²) in [6.45, 7) is 5.05. The van der Waals surface area contributed by atoms with Crippen LogP contribution in [0.3, 0.4) is 0 Å². The molecule has 0 spiro atoms. The lowest BCUT2D eigenvalue weighted by Gasteiger charge is -2.34. The zero-order chi connectivity index (χ0) is 19.2. The van der Waals surface area contributed by atoms with Gasteiger partial charge in [-0.2, -0.15) is 4.98 Å². The molecule has 0 aliphatic carbocycles. The van der Waals surface area contributed by atoms with Gasteiger partial charge in [0.05, 0.1) is 19.6 Å². The third-order valence-electron chi connectivity index (χ3n) is 4.48. The molecule has 3 rings (SSSR count). The van der Waals surface area contributed by atoms with Crippen LogP contribution < -0.4 is 11.1 Å². The molecule has 1 fully saturated rings. The average molecular weight is 445 g/mol. The number of nitrogens with one attached hydrogen (secondary N) is 1. The molecule has 1 aromatic heterocycles. The number of amides is 2. The fraction of sp³-hybridized carbons (Fsp3) is 0.444. The van der Waals surface area contributed by atoms with Gasteiger partial charge in [-0.15, -0.1) is 24.8 Å². The Morgan fingerprint density at radius 3 is 2.41 bits per heavy atom. The Labute approximate surface area is 181 Å². The van der Waals surface area contributed by atoms with Crippen molar-refractivity contribution < 1.29 is 14.1 Å². The molecule has 1 saturated heterocycles. The van der Waals surface area contributed by atoms with Crippen LogP contribution in [-0.2, 0) is 16.1 Å². The number of aryl methyl sites for hydroxylation is 1. The topological polar surface area (TPSA) is 118 Å². The van der Waals surface area contributed by atoms with E-state index in [9.17, 15) is 9.59 Å². The van der Waals surface area contributed by atoms with Crippen molar-refractivity contribution in [3.63, 3.8) is 0 Å². The van der Waals surface area contributed by atoms with E-state index in [4.69, 9.17) is 10.3 Å². The molecule has 1 aromatic carbocycles. The van der Waals surface area contributed by atoms with Gasteiger partial charge >= 0.3 is 0 Å². The third-order valence-corrected chi connectivity index (χ3v) is 4.48. The predicted molar refractivity (Wildman–Crippen MR) is 113 cm³/mol. The second-order valence-corrected chi connectivity index (χ2v) is 6.52. The number of halogens is 2. The first-order valence-corrected chi connectivity index (χ1v) is 8.91. The third kappa shape index (κ3) is 6.97. The number of hydrogen-bond acceptors (Lipinski definition) is 7. The minimum absolute atomic E-state index is 0. The quantitative estimate of drug-likeness (QED) is 0.669. The summed E-state index contributed by atoms with van der Waals surface area (Å²) < 4.78 is 5.36. The van der Waals surface area contributed by atoms with Gasteiger partial charge in [0, 0.05) is 31.7 Å². The number of nitrogens with zero attached hydrogens (tertiary/aromatic N) is 4. The Morgan fingerprint density at radius 2 is 1.79 bits per heavy atom. The van der Waals surface area contributed by atoms with Gasteiger partial charge in [0.2, 0.25) is 23.5 Å². The van der Waals surface area contributed by atoms with Crippen molar-refractivity contribution in [3.8, 4) is 11.4 Å². The van der Waals surface area contributed by atoms with Crippen molar-refractivity contribution in [1.29, 1.82) is 0 Å². The van der Waals surface area contributed by atoms with E-state index >= 15 is 0 Å². The van der Waals surface area contributed by atoms with Crippen molar-refractivity contribution in [2.24, 2.45) is 5.73 Å². The maximum absolute atomic E-state index is 12.1. The highest BCUT2D eigenvalue weighted by Gasteiger charge is 2.22. The number of benzene rings is 1. The lowest BCUT2D eigenvalue weighted by Crippen LogP contribution is -2.51. The van der Waals surface area contributed by atoms with Crippen molar-refractivity contribution >= 4 is 36.6 Å². The van der Waals surface area contributed by atoms with Gasteiger partial charge in [-0.25, -0.2) is 0 Å². The normalized spacial score (nSPS) is 13.9. The fourth-order valence-electron chi connectivity index (χ4n) is 2.84. The summed E-state index contributed by atoms with van der Waals surface area (Å²) in [6, 6.07) is 7.96. The van der Waals surface area contributed by atoms with Gasteiger partial charge in [0.15, 0.2) is 0 Å². The number of aromatic nitrogens is 2. The average Bonchev–Trinajstić information content (AvgIpc) is 3.15. The monoisotopic (exact) mass is 444 g/mol. The standard InChI is InChI=1S/C18H24N6O3.2ClH/c1-13-2-4-14(5-3-13)18-21-16(27-22-18)12-23-6-8-24(9-7-23)17(26)11-20-15(25)10-19;;/h2-5H,6-12,19H2,1H3,(H,20,25);2*1H. The highest BCUT2D eigenvalue weighted by molar-refractivity contribution is 5.86. The van der Waals surface area contributed by atoms with Crippen LogP contribution in [0.2, 0.25) is 0 Å². The van der Waals surface area contributed by atoms with E-state index in [0.29, 0.717) is 44.4 Å². The number of carbonyl (C=O) groups excluding carboxylic acids is 2. The van der Waals surface area contributed by atoms with Crippen LogP contribution >= 0.6 is 24.8 Å². The molecule has 1 aliphatic heterocycles. The molecule has 160 valence electrons. The second-order valence-electron chi connectivity index (χ2n) is 6.52. The number of carbonyl (C=O) groups is 2. The smallest absolute Gasteiger partial charge is 0.242 e. The molecule has 9 nitrogen and oxygen atoms in total. The van der Waals surface area contributed by atoms with Gasteiger partial charge in [-0.1, -0.05) is 35.0 Å². The zero-order valence-corrected chi connectivity index (χ0v) is 17.8. The first kappa shape index (κ1) is 24.8. The molecule has 0 radical (unpaired) electrons. The molecule has 2 heterocycles.